The van der Waals surface area contributed by atoms with E-state index >= 15 is 0 Å². The van der Waals surface area contributed by atoms with Crippen LogP contribution < -0.4 is 5.32 Å². The zero-order valence-corrected chi connectivity index (χ0v) is 12.5. The maximum absolute atomic E-state index is 3.95. The van der Waals surface area contributed by atoms with E-state index in [-0.39, 0.29) is 0 Å². The van der Waals surface area contributed by atoms with E-state index in [1.807, 2.05) is 0 Å². The van der Waals surface area contributed by atoms with Gasteiger partial charge in [-0.25, -0.2) is 0 Å². The molecule has 2 rings (SSSR count). The van der Waals surface area contributed by atoms with Crippen molar-refractivity contribution in [3.8, 4) is 0 Å². The number of nitrogens with one attached hydrogen (secondary N) is 1. The van der Waals surface area contributed by atoms with E-state index < -0.39 is 0 Å². The van der Waals surface area contributed by atoms with E-state index in [0.29, 0.717) is 0 Å². The molecular weight excluding hydrogens is 220 g/mol. The van der Waals surface area contributed by atoms with Crippen molar-refractivity contribution in [1.29, 1.82) is 0 Å². The number of nitrogens with zero attached hydrogens (tertiary/aromatic N) is 1. The SMILES string of the molecule is C[C@H](NC1CCCN(C)CC1)C1CCCCCC1. The Kier molecular flexibility index (Phi) is 5.97. The van der Waals surface area contributed by atoms with Crippen molar-refractivity contribution in [2.24, 2.45) is 5.92 Å². The molecule has 1 aliphatic carbocycles. The molecule has 1 saturated heterocycles. The van der Waals surface area contributed by atoms with Crippen molar-refractivity contribution in [3.05, 3.63) is 0 Å². The van der Waals surface area contributed by atoms with Crippen LogP contribution >= 0.6 is 0 Å². The molecule has 0 aromatic heterocycles. The summed E-state index contributed by atoms with van der Waals surface area (Å²) in [6.45, 7) is 5.00. The van der Waals surface area contributed by atoms with Crippen molar-refractivity contribution >= 4 is 0 Å². The molecule has 1 unspecified atom stereocenters. The minimum Gasteiger partial charge on any atom is -0.311 e. The standard InChI is InChI=1S/C16H32N2/c1-14(15-8-5-3-4-6-9-15)17-16-10-7-12-18(2)13-11-16/h14-17H,3-13H2,1-2H3/t14-,16?/m0/s1. The molecule has 0 aromatic carbocycles. The van der Waals surface area contributed by atoms with Gasteiger partial charge in [0.25, 0.3) is 0 Å². The predicted molar refractivity (Wildman–Crippen MR) is 78.9 cm³/mol. The van der Waals surface area contributed by atoms with Gasteiger partial charge in [-0.15, -0.1) is 0 Å². The van der Waals surface area contributed by atoms with Crippen LogP contribution in [-0.4, -0.2) is 37.1 Å². The Hall–Kier alpha value is -0.0800. The highest BCUT2D eigenvalue weighted by molar-refractivity contribution is 4.81. The summed E-state index contributed by atoms with van der Waals surface area (Å²) in [7, 11) is 2.26. The number of likely N-dealkylation sites (tertiary alicyclic amines) is 1. The van der Waals surface area contributed by atoms with E-state index in [1.165, 1.54) is 70.9 Å². The van der Waals surface area contributed by atoms with Crippen molar-refractivity contribution in [1.82, 2.24) is 10.2 Å². The lowest BCUT2D eigenvalue weighted by atomic mass is 9.92. The molecule has 2 nitrogen and oxygen atoms in total. The lowest BCUT2D eigenvalue weighted by Gasteiger charge is -2.28. The average molecular weight is 252 g/mol. The third kappa shape index (κ3) is 4.55. The van der Waals surface area contributed by atoms with Crippen LogP contribution in [0.5, 0.6) is 0 Å². The highest BCUT2D eigenvalue weighted by Gasteiger charge is 2.22. The molecule has 0 bridgehead atoms. The molecular formula is C16H32N2. The maximum Gasteiger partial charge on any atom is 0.00823 e. The van der Waals surface area contributed by atoms with Gasteiger partial charge in [0.2, 0.25) is 0 Å². The van der Waals surface area contributed by atoms with Gasteiger partial charge < -0.3 is 10.2 Å². The number of hydrogen-bond acceptors (Lipinski definition) is 2. The molecule has 0 aromatic rings. The van der Waals surface area contributed by atoms with Gasteiger partial charge in [-0.2, -0.15) is 0 Å². The second kappa shape index (κ2) is 7.49. The van der Waals surface area contributed by atoms with E-state index in [0.717, 1.165) is 18.0 Å². The lowest BCUT2D eigenvalue weighted by molar-refractivity contribution is 0.292. The van der Waals surface area contributed by atoms with Gasteiger partial charge in [0.1, 0.15) is 0 Å². The summed E-state index contributed by atoms with van der Waals surface area (Å²) in [6.07, 6.45) is 12.9. The summed E-state index contributed by atoms with van der Waals surface area (Å²) < 4.78 is 0. The fourth-order valence-corrected chi connectivity index (χ4v) is 3.73. The monoisotopic (exact) mass is 252 g/mol. The van der Waals surface area contributed by atoms with Gasteiger partial charge >= 0.3 is 0 Å². The summed E-state index contributed by atoms with van der Waals surface area (Å²) in [5.74, 6) is 0.938. The van der Waals surface area contributed by atoms with Crippen LogP contribution in [-0.2, 0) is 0 Å². The van der Waals surface area contributed by atoms with E-state index in [1.54, 1.807) is 0 Å². The predicted octanol–water partition coefficient (Wildman–Crippen LogP) is 3.42. The fraction of sp³-hybridized carbons (Fsp3) is 1.00. The molecule has 2 heteroatoms. The Labute approximate surface area is 114 Å². The topological polar surface area (TPSA) is 15.3 Å². The molecule has 2 aliphatic rings. The van der Waals surface area contributed by atoms with Gasteiger partial charge in [-0.05, 0) is 65.1 Å². The molecule has 18 heavy (non-hydrogen) atoms. The Balaban J connectivity index is 1.76. The molecule has 1 aliphatic heterocycles. The van der Waals surface area contributed by atoms with Gasteiger partial charge in [-0.1, -0.05) is 25.7 Å². The van der Waals surface area contributed by atoms with Crippen LogP contribution in [0.4, 0.5) is 0 Å². The summed E-state index contributed by atoms with van der Waals surface area (Å²) in [5, 5.41) is 3.95. The van der Waals surface area contributed by atoms with Crippen LogP contribution in [0.15, 0.2) is 0 Å². The van der Waals surface area contributed by atoms with Crippen LogP contribution in [0.1, 0.15) is 64.7 Å². The zero-order valence-electron chi connectivity index (χ0n) is 12.5. The Morgan fingerprint density at radius 3 is 2.33 bits per heavy atom. The minimum atomic E-state index is 0.733. The van der Waals surface area contributed by atoms with Crippen molar-refractivity contribution in [2.75, 3.05) is 20.1 Å². The summed E-state index contributed by atoms with van der Waals surface area (Å²) >= 11 is 0. The van der Waals surface area contributed by atoms with Gasteiger partial charge in [-0.3, -0.25) is 0 Å². The van der Waals surface area contributed by atoms with Gasteiger partial charge in [0, 0.05) is 12.1 Å². The van der Waals surface area contributed by atoms with Crippen LogP contribution in [0, 0.1) is 5.92 Å². The molecule has 2 atom stereocenters. The minimum absolute atomic E-state index is 0.733. The number of rotatable bonds is 3. The van der Waals surface area contributed by atoms with Gasteiger partial charge in [0.05, 0.1) is 0 Å². The first-order chi connectivity index (χ1) is 8.75. The van der Waals surface area contributed by atoms with Gasteiger partial charge in [0.15, 0.2) is 0 Å². The summed E-state index contributed by atoms with van der Waals surface area (Å²) in [6, 6.07) is 1.50. The number of hydrogen-bond donors (Lipinski definition) is 1. The second-order valence-corrected chi connectivity index (χ2v) is 6.64. The first-order valence-electron chi connectivity index (χ1n) is 8.20. The van der Waals surface area contributed by atoms with E-state index in [9.17, 15) is 0 Å². The van der Waals surface area contributed by atoms with Crippen LogP contribution in [0.3, 0.4) is 0 Å². The highest BCUT2D eigenvalue weighted by atomic mass is 15.1. The van der Waals surface area contributed by atoms with Crippen LogP contribution in [0.2, 0.25) is 0 Å². The summed E-state index contributed by atoms with van der Waals surface area (Å²) in [4.78, 5) is 2.48. The molecule has 0 spiro atoms. The molecule has 106 valence electrons. The van der Waals surface area contributed by atoms with E-state index in [4.69, 9.17) is 0 Å². The first kappa shape index (κ1) is 14.3. The molecule has 0 radical (unpaired) electrons. The largest absolute Gasteiger partial charge is 0.311 e. The van der Waals surface area contributed by atoms with Crippen molar-refractivity contribution in [3.63, 3.8) is 0 Å². The Morgan fingerprint density at radius 1 is 0.889 bits per heavy atom. The molecule has 1 saturated carbocycles. The quantitative estimate of drug-likeness (QED) is 0.774. The van der Waals surface area contributed by atoms with Crippen LogP contribution in [0.25, 0.3) is 0 Å². The molecule has 1 N–H and O–H groups in total. The van der Waals surface area contributed by atoms with Crippen molar-refractivity contribution < 1.29 is 0 Å². The smallest absolute Gasteiger partial charge is 0.00823 e. The first-order valence-corrected chi connectivity index (χ1v) is 8.20. The van der Waals surface area contributed by atoms with E-state index in [2.05, 4.69) is 24.2 Å². The van der Waals surface area contributed by atoms with Crippen molar-refractivity contribution in [2.45, 2.75) is 76.8 Å². The Bertz CT molecular complexity index is 221. The third-order valence-electron chi connectivity index (χ3n) is 5.06. The highest BCUT2D eigenvalue weighted by Crippen LogP contribution is 2.26. The molecule has 1 heterocycles. The Morgan fingerprint density at radius 2 is 1.61 bits per heavy atom. The molecule has 0 amide bonds. The average Bonchev–Trinajstić information content (AvgIpc) is 2.72. The fourth-order valence-electron chi connectivity index (χ4n) is 3.73. The maximum atomic E-state index is 3.95. The normalized spacial score (nSPS) is 30.7. The molecule has 2 fully saturated rings. The second-order valence-electron chi connectivity index (χ2n) is 6.64. The zero-order chi connectivity index (χ0) is 12.8. The third-order valence-corrected chi connectivity index (χ3v) is 5.06. The summed E-state index contributed by atoms with van der Waals surface area (Å²) in [5.41, 5.74) is 0. The lowest BCUT2D eigenvalue weighted by Crippen LogP contribution is -2.41.